The highest BCUT2D eigenvalue weighted by Crippen LogP contribution is 2.60. The third-order valence-electron chi connectivity index (χ3n) is 5.71. The van der Waals surface area contributed by atoms with Gasteiger partial charge in [0.1, 0.15) is 18.1 Å². The van der Waals surface area contributed by atoms with Gasteiger partial charge in [-0.25, -0.2) is 0 Å². The third kappa shape index (κ3) is 3.95. The summed E-state index contributed by atoms with van der Waals surface area (Å²) in [7, 11) is 0. The molecule has 0 spiro atoms. The lowest BCUT2D eigenvalue weighted by Crippen LogP contribution is -2.10. The topological polar surface area (TPSA) is 56.5 Å². The largest absolute Gasteiger partial charge is 0.462 e. The van der Waals surface area contributed by atoms with Gasteiger partial charge in [-0.2, -0.15) is 0 Å². The molecule has 28 heavy (non-hydrogen) atoms. The van der Waals surface area contributed by atoms with Crippen molar-refractivity contribution < 1.29 is 18.7 Å². The standard InChI is InChI=1S/C23H24O4S/c1-23(2)19(13-16-10-11-28-22(16)25)20(23)21(24)26-14-18-9-8-17(27-18)12-15-6-4-3-5-7-15/h3-9,13,19-20H,10-12,14H2,1-2H3/b16-13+/t19-,20-/m0/s1. The minimum atomic E-state index is -0.217. The fourth-order valence-corrected chi connectivity index (χ4v) is 4.74. The molecule has 1 aromatic heterocycles. The number of furan rings is 1. The van der Waals surface area contributed by atoms with Crippen LogP contribution >= 0.6 is 11.8 Å². The number of rotatable bonds is 6. The van der Waals surface area contributed by atoms with Gasteiger partial charge in [-0.1, -0.05) is 62.0 Å². The van der Waals surface area contributed by atoms with Crippen molar-refractivity contribution in [1.29, 1.82) is 0 Å². The van der Waals surface area contributed by atoms with Gasteiger partial charge < -0.3 is 9.15 Å². The van der Waals surface area contributed by atoms with E-state index in [1.807, 2.05) is 36.4 Å². The highest BCUT2D eigenvalue weighted by atomic mass is 32.2. The summed E-state index contributed by atoms with van der Waals surface area (Å²) in [4.78, 5) is 24.4. The first-order valence-electron chi connectivity index (χ1n) is 9.61. The van der Waals surface area contributed by atoms with Crippen molar-refractivity contribution in [3.8, 4) is 0 Å². The van der Waals surface area contributed by atoms with Crippen molar-refractivity contribution in [2.24, 2.45) is 17.3 Å². The van der Waals surface area contributed by atoms with Crippen LogP contribution in [0.5, 0.6) is 0 Å². The summed E-state index contributed by atoms with van der Waals surface area (Å²) in [6.45, 7) is 4.24. The molecule has 0 bridgehead atoms. The van der Waals surface area contributed by atoms with E-state index in [1.54, 1.807) is 0 Å². The van der Waals surface area contributed by atoms with E-state index in [0.29, 0.717) is 12.2 Å². The van der Waals surface area contributed by atoms with E-state index in [-0.39, 0.29) is 34.9 Å². The minimum absolute atomic E-state index is 0.0721. The Hall–Kier alpha value is -2.27. The lowest BCUT2D eigenvalue weighted by Gasteiger charge is -2.04. The normalized spacial score (nSPS) is 24.5. The zero-order chi connectivity index (χ0) is 19.7. The summed E-state index contributed by atoms with van der Waals surface area (Å²) in [6, 6.07) is 13.9. The van der Waals surface area contributed by atoms with Crippen molar-refractivity contribution >= 4 is 22.8 Å². The fourth-order valence-electron chi connectivity index (χ4n) is 3.88. The van der Waals surface area contributed by atoms with E-state index in [1.165, 1.54) is 17.3 Å². The van der Waals surface area contributed by atoms with Crippen LogP contribution in [-0.2, 0) is 27.4 Å². The summed E-state index contributed by atoms with van der Waals surface area (Å²) < 4.78 is 11.3. The molecule has 0 N–H and O–H groups in total. The molecule has 1 aliphatic carbocycles. The molecule has 1 saturated heterocycles. The smallest absolute Gasteiger partial charge is 0.310 e. The SMILES string of the molecule is CC1(C)[C@H](C(=O)OCc2ccc(Cc3ccccc3)o2)[C@@H]1/C=C1\CCSC1=O. The zero-order valence-corrected chi connectivity index (χ0v) is 17.0. The van der Waals surface area contributed by atoms with Crippen molar-refractivity contribution in [1.82, 2.24) is 0 Å². The molecule has 1 aliphatic heterocycles. The van der Waals surface area contributed by atoms with Gasteiger partial charge >= 0.3 is 5.97 Å². The van der Waals surface area contributed by atoms with Crippen LogP contribution in [0.2, 0.25) is 0 Å². The number of benzene rings is 1. The number of carbonyl (C=O) groups is 2. The molecule has 0 radical (unpaired) electrons. The average molecular weight is 397 g/mol. The molecule has 2 fully saturated rings. The van der Waals surface area contributed by atoms with Gasteiger partial charge in [0, 0.05) is 17.7 Å². The maximum atomic E-state index is 12.6. The van der Waals surface area contributed by atoms with Gasteiger partial charge in [-0.3, -0.25) is 9.59 Å². The van der Waals surface area contributed by atoms with E-state index in [0.717, 1.165) is 23.5 Å². The Labute approximate surface area is 169 Å². The Morgan fingerprint density at radius 1 is 1.21 bits per heavy atom. The number of hydrogen-bond acceptors (Lipinski definition) is 5. The lowest BCUT2D eigenvalue weighted by molar-refractivity contribution is -0.148. The summed E-state index contributed by atoms with van der Waals surface area (Å²) in [5.41, 5.74) is 1.87. The molecule has 2 aliphatic rings. The van der Waals surface area contributed by atoms with Gasteiger partial charge in [0.2, 0.25) is 5.12 Å². The summed E-state index contributed by atoms with van der Waals surface area (Å²) in [5, 5.41) is 0.149. The highest BCUT2D eigenvalue weighted by Gasteiger charge is 2.61. The van der Waals surface area contributed by atoms with Gasteiger partial charge in [0.15, 0.2) is 0 Å². The third-order valence-corrected chi connectivity index (χ3v) is 6.64. The number of esters is 1. The van der Waals surface area contributed by atoms with Gasteiger partial charge in [-0.05, 0) is 35.4 Å². The number of carbonyl (C=O) groups excluding carboxylic acids is 2. The zero-order valence-electron chi connectivity index (χ0n) is 16.1. The quantitative estimate of drug-likeness (QED) is 0.520. The van der Waals surface area contributed by atoms with E-state index >= 15 is 0 Å². The van der Waals surface area contributed by atoms with Crippen LogP contribution < -0.4 is 0 Å². The first kappa shape index (κ1) is 19.1. The van der Waals surface area contributed by atoms with Crippen LogP contribution in [0.25, 0.3) is 0 Å². The van der Waals surface area contributed by atoms with Crippen molar-refractivity contribution in [3.63, 3.8) is 0 Å². The van der Waals surface area contributed by atoms with Crippen LogP contribution in [0.15, 0.2) is 58.5 Å². The molecule has 2 atom stereocenters. The summed E-state index contributed by atoms with van der Waals surface area (Å²) in [6.07, 6.45) is 3.51. The summed E-state index contributed by atoms with van der Waals surface area (Å²) in [5.74, 6) is 2.00. The average Bonchev–Trinajstić information content (AvgIpc) is 3.03. The molecule has 1 aromatic carbocycles. The van der Waals surface area contributed by atoms with Crippen LogP contribution in [0.4, 0.5) is 0 Å². The Bertz CT molecular complexity index is 910. The Morgan fingerprint density at radius 2 is 1.96 bits per heavy atom. The molecule has 4 nitrogen and oxygen atoms in total. The predicted molar refractivity (Wildman–Crippen MR) is 109 cm³/mol. The minimum Gasteiger partial charge on any atom is -0.462 e. The van der Waals surface area contributed by atoms with E-state index in [4.69, 9.17) is 9.15 Å². The van der Waals surface area contributed by atoms with Crippen LogP contribution in [-0.4, -0.2) is 16.8 Å². The van der Waals surface area contributed by atoms with Gasteiger partial charge in [0.05, 0.1) is 5.92 Å². The van der Waals surface area contributed by atoms with E-state index < -0.39 is 0 Å². The van der Waals surface area contributed by atoms with E-state index in [9.17, 15) is 9.59 Å². The molecule has 146 valence electrons. The first-order chi connectivity index (χ1) is 13.4. The second-order valence-electron chi connectivity index (χ2n) is 8.04. The monoisotopic (exact) mass is 396 g/mol. The molecule has 1 saturated carbocycles. The van der Waals surface area contributed by atoms with Crippen molar-refractivity contribution in [2.45, 2.75) is 33.3 Å². The van der Waals surface area contributed by atoms with Crippen LogP contribution in [0.1, 0.15) is 37.4 Å². The van der Waals surface area contributed by atoms with Gasteiger partial charge in [0.25, 0.3) is 0 Å². The molecule has 2 heterocycles. The van der Waals surface area contributed by atoms with Crippen LogP contribution in [0.3, 0.4) is 0 Å². The van der Waals surface area contributed by atoms with Gasteiger partial charge in [-0.15, -0.1) is 0 Å². The predicted octanol–water partition coefficient (Wildman–Crippen LogP) is 4.78. The molecular formula is C23H24O4S. The Kier molecular flexibility index (Phi) is 5.19. The molecule has 0 unspecified atom stereocenters. The first-order valence-corrected chi connectivity index (χ1v) is 10.6. The number of allylic oxidation sites excluding steroid dienone is 1. The molecule has 0 amide bonds. The van der Waals surface area contributed by atoms with Crippen molar-refractivity contribution in [3.05, 3.63) is 71.2 Å². The lowest BCUT2D eigenvalue weighted by atomic mass is 10.1. The fraction of sp³-hybridized carbons (Fsp3) is 0.391. The maximum absolute atomic E-state index is 12.6. The molecule has 2 aromatic rings. The second-order valence-corrected chi connectivity index (χ2v) is 9.11. The van der Waals surface area contributed by atoms with Crippen molar-refractivity contribution in [2.75, 3.05) is 5.75 Å². The second kappa shape index (κ2) is 7.63. The van der Waals surface area contributed by atoms with E-state index in [2.05, 4.69) is 26.0 Å². The number of thioether (sulfide) groups is 1. The highest BCUT2D eigenvalue weighted by molar-refractivity contribution is 8.14. The Balaban J connectivity index is 1.33. The number of ether oxygens (including phenoxy) is 1. The molecule has 4 rings (SSSR count). The van der Waals surface area contributed by atoms with Crippen LogP contribution in [0, 0.1) is 17.3 Å². The number of hydrogen-bond donors (Lipinski definition) is 0. The maximum Gasteiger partial charge on any atom is 0.310 e. The Morgan fingerprint density at radius 3 is 2.68 bits per heavy atom. The molecular weight excluding hydrogens is 372 g/mol. The molecule has 5 heteroatoms. The summed E-state index contributed by atoms with van der Waals surface area (Å²) >= 11 is 1.36.